The molecule has 0 atom stereocenters. The average Bonchev–Trinajstić information content (AvgIpc) is 2.65. The number of cyclic esters (lactones) is 1. The van der Waals surface area contributed by atoms with E-state index in [1.54, 1.807) is 12.1 Å². The van der Waals surface area contributed by atoms with Crippen molar-refractivity contribution in [3.8, 4) is 5.75 Å². The van der Waals surface area contributed by atoms with Crippen molar-refractivity contribution in [2.24, 2.45) is 0 Å². The van der Waals surface area contributed by atoms with E-state index in [4.69, 9.17) is 4.74 Å². The molecular weight excluding hydrogens is 208 g/mol. The van der Waals surface area contributed by atoms with Gasteiger partial charge in [-0.3, -0.25) is 4.79 Å². The number of Topliss-reactive ketones (excluding diaryl/α,β-unsaturated/α-hetero) is 1. The molecule has 4 heteroatoms. The highest BCUT2D eigenvalue weighted by atomic mass is 16.5. The lowest BCUT2D eigenvalue weighted by molar-refractivity contribution is -0.134. The number of phenols is 1. The Morgan fingerprint density at radius 1 is 1.44 bits per heavy atom. The zero-order valence-corrected chi connectivity index (χ0v) is 8.69. The zero-order valence-electron chi connectivity index (χ0n) is 8.69. The van der Waals surface area contributed by atoms with Gasteiger partial charge >= 0.3 is 5.97 Å². The summed E-state index contributed by atoms with van der Waals surface area (Å²) in [5, 5.41) is 9.46. The van der Waals surface area contributed by atoms with Gasteiger partial charge in [-0.2, -0.15) is 0 Å². The highest BCUT2D eigenvalue weighted by molar-refractivity contribution is 5.99. The third-order valence-electron chi connectivity index (χ3n) is 2.41. The molecule has 1 aromatic carbocycles. The van der Waals surface area contributed by atoms with E-state index in [9.17, 15) is 14.7 Å². The summed E-state index contributed by atoms with van der Waals surface area (Å²) in [6.45, 7) is 1.59. The van der Waals surface area contributed by atoms with E-state index in [1.165, 1.54) is 19.1 Å². The second kappa shape index (κ2) is 3.81. The van der Waals surface area contributed by atoms with Gasteiger partial charge in [-0.25, -0.2) is 4.79 Å². The summed E-state index contributed by atoms with van der Waals surface area (Å²) < 4.78 is 4.77. The highest BCUT2D eigenvalue weighted by Crippen LogP contribution is 2.25. The number of benzene rings is 1. The van der Waals surface area contributed by atoms with Gasteiger partial charge in [0, 0.05) is 11.6 Å². The van der Waals surface area contributed by atoms with Gasteiger partial charge in [-0.05, 0) is 24.6 Å². The molecule has 0 fully saturated rings. The largest absolute Gasteiger partial charge is 0.507 e. The quantitative estimate of drug-likeness (QED) is 0.604. The lowest BCUT2D eigenvalue weighted by atomic mass is 10.0. The van der Waals surface area contributed by atoms with E-state index >= 15 is 0 Å². The van der Waals surface area contributed by atoms with Gasteiger partial charge in [-0.15, -0.1) is 0 Å². The fourth-order valence-corrected chi connectivity index (χ4v) is 1.56. The van der Waals surface area contributed by atoms with Crippen LogP contribution in [0.25, 0.3) is 5.57 Å². The van der Waals surface area contributed by atoms with Crippen molar-refractivity contribution >= 4 is 17.3 Å². The van der Waals surface area contributed by atoms with E-state index < -0.39 is 0 Å². The zero-order chi connectivity index (χ0) is 11.7. The van der Waals surface area contributed by atoms with Crippen LogP contribution >= 0.6 is 0 Å². The van der Waals surface area contributed by atoms with Crippen molar-refractivity contribution in [2.45, 2.75) is 6.92 Å². The highest BCUT2D eigenvalue weighted by Gasteiger charge is 2.16. The summed E-state index contributed by atoms with van der Waals surface area (Å²) in [5.41, 5.74) is 1.68. The maximum absolute atomic E-state index is 11.2. The van der Waals surface area contributed by atoms with Crippen molar-refractivity contribution in [1.29, 1.82) is 0 Å². The molecule has 82 valence electrons. The van der Waals surface area contributed by atoms with Crippen LogP contribution in [0.15, 0.2) is 24.3 Å². The number of phenolic OH excluding ortho intramolecular Hbond substituents is 1. The maximum atomic E-state index is 11.2. The number of esters is 1. The van der Waals surface area contributed by atoms with Crippen LogP contribution in [0.1, 0.15) is 22.8 Å². The Bertz CT molecular complexity index is 500. The van der Waals surface area contributed by atoms with Gasteiger partial charge in [0.2, 0.25) is 0 Å². The van der Waals surface area contributed by atoms with Crippen LogP contribution in [0.3, 0.4) is 0 Å². The monoisotopic (exact) mass is 218 g/mol. The first-order chi connectivity index (χ1) is 7.58. The Labute approximate surface area is 92.2 Å². The number of rotatable bonds is 2. The molecule has 0 bridgehead atoms. The molecule has 1 heterocycles. The molecule has 0 spiro atoms. The average molecular weight is 218 g/mol. The minimum atomic E-state index is -0.382. The third-order valence-corrected chi connectivity index (χ3v) is 2.41. The second-order valence-electron chi connectivity index (χ2n) is 3.57. The number of aromatic hydroxyl groups is 1. The van der Waals surface area contributed by atoms with Gasteiger partial charge in [0.1, 0.15) is 12.4 Å². The summed E-state index contributed by atoms with van der Waals surface area (Å²) in [7, 11) is 0. The molecule has 0 saturated carbocycles. The van der Waals surface area contributed by atoms with Crippen LogP contribution in [-0.2, 0) is 9.53 Å². The van der Waals surface area contributed by atoms with Gasteiger partial charge in [0.25, 0.3) is 0 Å². The van der Waals surface area contributed by atoms with Gasteiger partial charge in [-0.1, -0.05) is 6.07 Å². The van der Waals surface area contributed by atoms with Crippen LogP contribution in [0, 0.1) is 0 Å². The number of hydrogen-bond donors (Lipinski definition) is 1. The van der Waals surface area contributed by atoms with E-state index in [-0.39, 0.29) is 29.7 Å². The first kappa shape index (κ1) is 10.4. The van der Waals surface area contributed by atoms with Crippen LogP contribution in [0.4, 0.5) is 0 Å². The minimum Gasteiger partial charge on any atom is -0.507 e. The van der Waals surface area contributed by atoms with Gasteiger partial charge < -0.3 is 9.84 Å². The fourth-order valence-electron chi connectivity index (χ4n) is 1.56. The van der Waals surface area contributed by atoms with Crippen LogP contribution in [-0.4, -0.2) is 23.5 Å². The number of carbonyl (C=O) groups excluding carboxylic acids is 2. The lowest BCUT2D eigenvalue weighted by Crippen LogP contribution is -1.96. The predicted octanol–water partition coefficient (Wildman–Crippen LogP) is 1.53. The van der Waals surface area contributed by atoms with E-state index in [1.807, 2.05) is 0 Å². The molecule has 4 nitrogen and oxygen atoms in total. The molecular formula is C12H10O4. The van der Waals surface area contributed by atoms with Crippen molar-refractivity contribution in [3.05, 3.63) is 35.4 Å². The normalized spacial score (nSPS) is 14.6. The Hall–Kier alpha value is -2.10. The lowest BCUT2D eigenvalue weighted by Gasteiger charge is -2.05. The number of ketones is 1. The van der Waals surface area contributed by atoms with Crippen molar-refractivity contribution < 1.29 is 19.4 Å². The standard InChI is InChI=1S/C12H10O4/c1-7(13)10-4-8(2-3-11(10)14)9-5-12(15)16-6-9/h2-5,14H,6H2,1H3. The summed E-state index contributed by atoms with van der Waals surface area (Å²) in [5.74, 6) is -0.653. The molecule has 1 aliphatic rings. The van der Waals surface area contributed by atoms with Gasteiger partial charge in [0.05, 0.1) is 5.56 Å². The molecule has 0 aromatic heterocycles. The summed E-state index contributed by atoms with van der Waals surface area (Å²) >= 11 is 0. The molecule has 1 N–H and O–H groups in total. The maximum Gasteiger partial charge on any atom is 0.331 e. The smallest absolute Gasteiger partial charge is 0.331 e. The molecule has 16 heavy (non-hydrogen) atoms. The molecule has 2 rings (SSSR count). The minimum absolute atomic E-state index is 0.0536. The molecule has 0 unspecified atom stereocenters. The molecule has 0 saturated heterocycles. The summed E-state index contributed by atoms with van der Waals surface area (Å²) in [4.78, 5) is 22.1. The number of ether oxygens (including phenoxy) is 1. The van der Waals surface area contributed by atoms with Crippen molar-refractivity contribution in [2.75, 3.05) is 6.61 Å². The molecule has 0 radical (unpaired) electrons. The second-order valence-corrected chi connectivity index (χ2v) is 3.57. The SMILES string of the molecule is CC(=O)c1cc(C2=CC(=O)OC2)ccc1O. The molecule has 0 amide bonds. The Kier molecular flexibility index (Phi) is 2.48. The van der Waals surface area contributed by atoms with Crippen LogP contribution in [0.5, 0.6) is 5.75 Å². The summed E-state index contributed by atoms with van der Waals surface area (Å²) in [6, 6.07) is 4.65. The van der Waals surface area contributed by atoms with Crippen molar-refractivity contribution in [1.82, 2.24) is 0 Å². The number of carbonyl (C=O) groups is 2. The Morgan fingerprint density at radius 3 is 2.75 bits per heavy atom. The Morgan fingerprint density at radius 2 is 2.19 bits per heavy atom. The molecule has 1 aromatic rings. The number of hydrogen-bond acceptors (Lipinski definition) is 4. The van der Waals surface area contributed by atoms with Crippen LogP contribution < -0.4 is 0 Å². The van der Waals surface area contributed by atoms with E-state index in [0.29, 0.717) is 11.1 Å². The topological polar surface area (TPSA) is 63.6 Å². The third kappa shape index (κ3) is 1.82. The van der Waals surface area contributed by atoms with Crippen LogP contribution in [0.2, 0.25) is 0 Å². The fraction of sp³-hybridized carbons (Fsp3) is 0.167. The van der Waals surface area contributed by atoms with E-state index in [0.717, 1.165) is 0 Å². The van der Waals surface area contributed by atoms with Crippen molar-refractivity contribution in [3.63, 3.8) is 0 Å². The molecule has 0 aliphatic carbocycles. The molecule has 1 aliphatic heterocycles. The summed E-state index contributed by atoms with van der Waals surface area (Å²) in [6.07, 6.45) is 1.39. The Balaban J connectivity index is 2.44. The van der Waals surface area contributed by atoms with Gasteiger partial charge in [0.15, 0.2) is 5.78 Å². The first-order valence-electron chi connectivity index (χ1n) is 4.79. The van der Waals surface area contributed by atoms with E-state index in [2.05, 4.69) is 0 Å². The predicted molar refractivity (Wildman–Crippen MR) is 57.0 cm³/mol. The first-order valence-corrected chi connectivity index (χ1v) is 4.79.